The Kier molecular flexibility index (Phi) is 2.74. The van der Waals surface area contributed by atoms with Crippen molar-refractivity contribution >= 4 is 29.0 Å². The molecule has 3 rings (SSSR count). The molecular formula is C13H16N2OS. The summed E-state index contributed by atoms with van der Waals surface area (Å²) in [6, 6.07) is 6.27. The van der Waals surface area contributed by atoms with E-state index in [0.717, 1.165) is 29.1 Å². The van der Waals surface area contributed by atoms with E-state index in [9.17, 15) is 4.79 Å². The first-order chi connectivity index (χ1) is 8.25. The molecule has 1 aliphatic heterocycles. The Hall–Kier alpha value is -1.16. The molecule has 4 heteroatoms. The van der Waals surface area contributed by atoms with Crippen molar-refractivity contribution in [3.8, 4) is 0 Å². The van der Waals surface area contributed by atoms with Crippen LogP contribution >= 0.6 is 11.8 Å². The highest BCUT2D eigenvalue weighted by atomic mass is 32.2. The van der Waals surface area contributed by atoms with Crippen molar-refractivity contribution in [1.29, 1.82) is 0 Å². The Bertz CT molecular complexity index is 455. The minimum absolute atomic E-state index is 0.249. The van der Waals surface area contributed by atoms with Gasteiger partial charge in [0.15, 0.2) is 0 Å². The van der Waals surface area contributed by atoms with Gasteiger partial charge in [-0.2, -0.15) is 0 Å². The van der Waals surface area contributed by atoms with Gasteiger partial charge in [0.25, 0.3) is 0 Å². The Balaban J connectivity index is 2.00. The molecule has 1 amide bonds. The summed E-state index contributed by atoms with van der Waals surface area (Å²) in [7, 11) is 0. The van der Waals surface area contributed by atoms with Crippen LogP contribution in [0.3, 0.4) is 0 Å². The van der Waals surface area contributed by atoms with Gasteiger partial charge in [0.05, 0.1) is 11.4 Å². The van der Waals surface area contributed by atoms with Crippen LogP contribution in [0.2, 0.25) is 0 Å². The lowest BCUT2D eigenvalue weighted by atomic mass is 10.1. The summed E-state index contributed by atoms with van der Waals surface area (Å²) in [6.45, 7) is 0. The van der Waals surface area contributed by atoms with Crippen molar-refractivity contribution in [1.82, 2.24) is 0 Å². The van der Waals surface area contributed by atoms with Crippen LogP contribution in [-0.2, 0) is 4.79 Å². The van der Waals surface area contributed by atoms with Crippen LogP contribution in [0, 0.1) is 0 Å². The minimum Gasteiger partial charge on any atom is -0.399 e. The number of rotatable bonds is 1. The molecule has 0 bridgehead atoms. The summed E-state index contributed by atoms with van der Waals surface area (Å²) in [6.07, 6.45) is 4.76. The van der Waals surface area contributed by atoms with Crippen molar-refractivity contribution in [2.24, 2.45) is 0 Å². The number of fused-ring (bicyclic) bond motifs is 1. The normalized spacial score (nSPS) is 20.7. The van der Waals surface area contributed by atoms with Crippen molar-refractivity contribution in [2.75, 3.05) is 16.4 Å². The predicted octanol–water partition coefficient (Wildman–Crippen LogP) is 2.65. The van der Waals surface area contributed by atoms with Crippen LogP contribution in [0.1, 0.15) is 25.7 Å². The number of nitrogen functional groups attached to an aromatic ring is 1. The fourth-order valence-electron chi connectivity index (χ4n) is 2.75. The highest BCUT2D eigenvalue weighted by molar-refractivity contribution is 8.00. The van der Waals surface area contributed by atoms with Gasteiger partial charge in [-0.25, -0.2) is 0 Å². The fourth-order valence-corrected chi connectivity index (χ4v) is 3.70. The monoisotopic (exact) mass is 248 g/mol. The van der Waals surface area contributed by atoms with E-state index in [1.807, 2.05) is 23.1 Å². The molecule has 0 atom stereocenters. The van der Waals surface area contributed by atoms with Gasteiger partial charge in [-0.05, 0) is 31.0 Å². The molecule has 0 radical (unpaired) electrons. The number of amides is 1. The largest absolute Gasteiger partial charge is 0.399 e. The molecule has 1 saturated carbocycles. The summed E-state index contributed by atoms with van der Waals surface area (Å²) in [4.78, 5) is 15.3. The molecular weight excluding hydrogens is 232 g/mol. The number of anilines is 2. The summed E-state index contributed by atoms with van der Waals surface area (Å²) in [5.74, 6) is 0.798. The molecule has 1 heterocycles. The van der Waals surface area contributed by atoms with Gasteiger partial charge in [0.2, 0.25) is 5.91 Å². The topological polar surface area (TPSA) is 46.3 Å². The first-order valence-corrected chi connectivity index (χ1v) is 7.08. The van der Waals surface area contributed by atoms with Gasteiger partial charge >= 0.3 is 0 Å². The van der Waals surface area contributed by atoms with E-state index in [-0.39, 0.29) is 5.91 Å². The maximum absolute atomic E-state index is 12.1. The summed E-state index contributed by atoms with van der Waals surface area (Å²) in [5.41, 5.74) is 7.64. The highest BCUT2D eigenvalue weighted by Gasteiger charge is 2.32. The molecule has 1 aliphatic carbocycles. The van der Waals surface area contributed by atoms with E-state index in [0.29, 0.717) is 11.8 Å². The lowest BCUT2D eigenvalue weighted by molar-refractivity contribution is -0.116. The highest BCUT2D eigenvalue weighted by Crippen LogP contribution is 2.40. The van der Waals surface area contributed by atoms with E-state index >= 15 is 0 Å². The second-order valence-electron chi connectivity index (χ2n) is 4.72. The fraction of sp³-hybridized carbons (Fsp3) is 0.462. The number of nitrogens with two attached hydrogens (primary N) is 1. The van der Waals surface area contributed by atoms with E-state index < -0.39 is 0 Å². The maximum atomic E-state index is 12.1. The van der Waals surface area contributed by atoms with Crippen LogP contribution in [0.4, 0.5) is 11.4 Å². The second kappa shape index (κ2) is 4.26. The van der Waals surface area contributed by atoms with E-state index in [2.05, 4.69) is 0 Å². The zero-order chi connectivity index (χ0) is 11.8. The summed E-state index contributed by atoms with van der Waals surface area (Å²) < 4.78 is 0. The number of hydrogen-bond donors (Lipinski definition) is 1. The van der Waals surface area contributed by atoms with Crippen molar-refractivity contribution in [3.05, 3.63) is 18.2 Å². The van der Waals surface area contributed by atoms with Crippen molar-refractivity contribution in [3.63, 3.8) is 0 Å². The van der Waals surface area contributed by atoms with Gasteiger partial charge in [-0.1, -0.05) is 12.8 Å². The average molecular weight is 248 g/mol. The summed E-state index contributed by atoms with van der Waals surface area (Å²) >= 11 is 1.60. The third-order valence-corrected chi connectivity index (χ3v) is 4.58. The lowest BCUT2D eigenvalue weighted by Gasteiger charge is -2.34. The number of nitrogens with zero attached hydrogens (tertiary/aromatic N) is 1. The Morgan fingerprint density at radius 2 is 2.06 bits per heavy atom. The molecule has 1 fully saturated rings. The molecule has 1 aromatic carbocycles. The predicted molar refractivity (Wildman–Crippen MR) is 71.3 cm³/mol. The first-order valence-electron chi connectivity index (χ1n) is 6.10. The molecule has 2 N–H and O–H groups in total. The Labute approximate surface area is 105 Å². The molecule has 1 aromatic rings. The van der Waals surface area contributed by atoms with Crippen LogP contribution in [0.15, 0.2) is 23.1 Å². The third kappa shape index (κ3) is 1.90. The van der Waals surface area contributed by atoms with Gasteiger partial charge in [-0.3, -0.25) is 4.79 Å². The number of thioether (sulfide) groups is 1. The van der Waals surface area contributed by atoms with Crippen molar-refractivity contribution in [2.45, 2.75) is 36.6 Å². The molecule has 0 spiro atoms. The number of carbonyl (C=O) groups is 1. The van der Waals surface area contributed by atoms with Crippen LogP contribution < -0.4 is 10.6 Å². The Morgan fingerprint density at radius 3 is 2.82 bits per heavy atom. The third-order valence-electron chi connectivity index (χ3n) is 3.55. The standard InChI is InChI=1S/C13H16N2OS/c14-9-5-6-11-12(7-9)17-8-13(16)15(11)10-3-1-2-4-10/h5-7,10H,1-4,8,14H2. The lowest BCUT2D eigenvalue weighted by Crippen LogP contribution is -2.42. The zero-order valence-corrected chi connectivity index (χ0v) is 10.5. The second-order valence-corrected chi connectivity index (χ2v) is 5.74. The number of carbonyl (C=O) groups excluding carboxylic acids is 1. The number of benzene rings is 1. The maximum Gasteiger partial charge on any atom is 0.237 e. The SMILES string of the molecule is Nc1ccc2c(c1)SCC(=O)N2C1CCCC1. The first kappa shape index (κ1) is 11.0. The van der Waals surface area contributed by atoms with E-state index in [1.165, 1.54) is 12.8 Å². The average Bonchev–Trinajstić information content (AvgIpc) is 2.82. The molecule has 2 aliphatic rings. The van der Waals surface area contributed by atoms with Crippen LogP contribution in [0.25, 0.3) is 0 Å². The van der Waals surface area contributed by atoms with Gasteiger partial charge in [-0.15, -0.1) is 11.8 Å². The van der Waals surface area contributed by atoms with Crippen molar-refractivity contribution < 1.29 is 4.79 Å². The van der Waals surface area contributed by atoms with Crippen LogP contribution in [-0.4, -0.2) is 17.7 Å². The zero-order valence-electron chi connectivity index (χ0n) is 9.69. The smallest absolute Gasteiger partial charge is 0.237 e. The summed E-state index contributed by atoms with van der Waals surface area (Å²) in [5, 5.41) is 0. The molecule has 0 aromatic heterocycles. The minimum atomic E-state index is 0.249. The van der Waals surface area contributed by atoms with Gasteiger partial charge < -0.3 is 10.6 Å². The Morgan fingerprint density at radius 1 is 1.29 bits per heavy atom. The molecule has 3 nitrogen and oxygen atoms in total. The number of hydrogen-bond acceptors (Lipinski definition) is 3. The molecule has 0 unspecified atom stereocenters. The van der Waals surface area contributed by atoms with E-state index in [4.69, 9.17) is 5.73 Å². The molecule has 90 valence electrons. The molecule has 17 heavy (non-hydrogen) atoms. The molecule has 0 saturated heterocycles. The van der Waals surface area contributed by atoms with E-state index in [1.54, 1.807) is 11.8 Å². The van der Waals surface area contributed by atoms with Crippen LogP contribution in [0.5, 0.6) is 0 Å². The van der Waals surface area contributed by atoms with Gasteiger partial charge in [0.1, 0.15) is 0 Å². The van der Waals surface area contributed by atoms with Gasteiger partial charge in [0, 0.05) is 16.6 Å². The quantitative estimate of drug-likeness (QED) is 0.777.